The summed E-state index contributed by atoms with van der Waals surface area (Å²) < 4.78 is 5.21. The van der Waals surface area contributed by atoms with Crippen LogP contribution in [0.25, 0.3) is 11.3 Å². The maximum atomic E-state index is 11.1. The summed E-state index contributed by atoms with van der Waals surface area (Å²) in [5.41, 5.74) is 1.70. The van der Waals surface area contributed by atoms with Gasteiger partial charge in [-0.3, -0.25) is 10.1 Å². The molecule has 3 rings (SSSR count). The Morgan fingerprint density at radius 1 is 1.29 bits per heavy atom. The van der Waals surface area contributed by atoms with E-state index in [9.17, 15) is 10.1 Å². The largest absolute Gasteiger partial charge is 0.360 e. The molecule has 0 amide bonds. The number of hydrogen-bond donors (Lipinski definition) is 1. The molecule has 0 atom stereocenters. The Kier molecular flexibility index (Phi) is 4.43. The fourth-order valence-corrected chi connectivity index (χ4v) is 2.76. The highest BCUT2D eigenvalue weighted by molar-refractivity contribution is 7.98. The fraction of sp³-hybridized carbons (Fsp3) is 0.133. The molecule has 0 unspecified atom stereocenters. The lowest BCUT2D eigenvalue weighted by molar-refractivity contribution is -0.383. The number of aryl methyl sites for hydroxylation is 1. The van der Waals surface area contributed by atoms with Crippen LogP contribution in [0.2, 0.25) is 0 Å². The van der Waals surface area contributed by atoms with Crippen molar-refractivity contribution in [2.75, 3.05) is 11.6 Å². The maximum absolute atomic E-state index is 11.1. The molecule has 1 N–H and O–H groups in total. The number of nitro benzene ring substituents is 1. The van der Waals surface area contributed by atoms with Crippen LogP contribution in [0.15, 0.2) is 46.1 Å². The molecule has 0 saturated heterocycles. The van der Waals surface area contributed by atoms with Gasteiger partial charge in [0.2, 0.25) is 5.95 Å². The van der Waals surface area contributed by atoms with E-state index in [1.807, 2.05) is 6.26 Å². The van der Waals surface area contributed by atoms with Crippen LogP contribution in [-0.2, 0) is 0 Å². The number of benzene rings is 1. The monoisotopic (exact) mass is 343 g/mol. The molecule has 24 heavy (non-hydrogen) atoms. The molecule has 2 aromatic heterocycles. The molecule has 122 valence electrons. The molecule has 3 aromatic rings. The Morgan fingerprint density at radius 3 is 2.83 bits per heavy atom. The van der Waals surface area contributed by atoms with Crippen LogP contribution in [0, 0.1) is 17.0 Å². The van der Waals surface area contributed by atoms with Crippen LogP contribution in [0.3, 0.4) is 0 Å². The minimum absolute atomic E-state index is 0.0440. The van der Waals surface area contributed by atoms with Crippen molar-refractivity contribution in [1.29, 1.82) is 0 Å². The van der Waals surface area contributed by atoms with Crippen molar-refractivity contribution in [2.45, 2.75) is 11.9 Å². The van der Waals surface area contributed by atoms with Gasteiger partial charge in [-0.2, -0.15) is 0 Å². The van der Waals surface area contributed by atoms with E-state index in [1.165, 1.54) is 17.8 Å². The van der Waals surface area contributed by atoms with Gasteiger partial charge in [0, 0.05) is 12.3 Å². The van der Waals surface area contributed by atoms with Gasteiger partial charge in [0.15, 0.2) is 0 Å². The molecule has 0 spiro atoms. The first-order chi connectivity index (χ1) is 11.6. The van der Waals surface area contributed by atoms with E-state index in [4.69, 9.17) is 4.52 Å². The number of nitrogens with zero attached hydrogens (tertiary/aromatic N) is 4. The van der Waals surface area contributed by atoms with E-state index in [2.05, 4.69) is 20.4 Å². The van der Waals surface area contributed by atoms with E-state index < -0.39 is 4.92 Å². The van der Waals surface area contributed by atoms with Crippen molar-refractivity contribution in [1.82, 2.24) is 15.1 Å². The zero-order valence-corrected chi connectivity index (χ0v) is 13.7. The number of nitrogens with one attached hydrogen (secondary N) is 1. The minimum atomic E-state index is -0.456. The summed E-state index contributed by atoms with van der Waals surface area (Å²) in [7, 11) is 0. The molecule has 0 aliphatic heterocycles. The topological polar surface area (TPSA) is 107 Å². The molecule has 0 radical (unpaired) electrons. The molecule has 8 nitrogen and oxygen atoms in total. The van der Waals surface area contributed by atoms with Gasteiger partial charge < -0.3 is 9.84 Å². The maximum Gasteiger partial charge on any atom is 0.292 e. The molecule has 0 fully saturated rings. The lowest BCUT2D eigenvalue weighted by atomic mass is 10.2. The third-order valence-electron chi connectivity index (χ3n) is 3.28. The van der Waals surface area contributed by atoms with Crippen LogP contribution < -0.4 is 5.32 Å². The normalized spacial score (nSPS) is 10.6. The number of anilines is 2. The first-order valence-corrected chi connectivity index (χ1v) is 8.16. The quantitative estimate of drug-likeness (QED) is 0.423. The number of hydrogen-bond acceptors (Lipinski definition) is 8. The van der Waals surface area contributed by atoms with E-state index in [0.717, 1.165) is 10.6 Å². The van der Waals surface area contributed by atoms with Gasteiger partial charge in [-0.05, 0) is 25.3 Å². The van der Waals surface area contributed by atoms with E-state index in [0.29, 0.717) is 17.1 Å². The summed E-state index contributed by atoms with van der Waals surface area (Å²) >= 11 is 1.45. The van der Waals surface area contributed by atoms with Crippen LogP contribution in [0.4, 0.5) is 17.3 Å². The van der Waals surface area contributed by atoms with E-state index in [1.54, 1.807) is 37.4 Å². The molecular formula is C15H13N5O3S. The first-order valence-electron chi connectivity index (χ1n) is 6.94. The second-order valence-electron chi connectivity index (χ2n) is 4.79. The van der Waals surface area contributed by atoms with Crippen LogP contribution >= 0.6 is 11.8 Å². The fourth-order valence-electron chi connectivity index (χ4n) is 2.20. The van der Waals surface area contributed by atoms with Gasteiger partial charge in [0.1, 0.15) is 16.5 Å². The lowest BCUT2D eigenvalue weighted by Gasteiger charge is -2.07. The predicted molar refractivity (Wildman–Crippen MR) is 90.4 cm³/mol. The second-order valence-corrected chi connectivity index (χ2v) is 5.58. The predicted octanol–water partition coefficient (Wildman–Crippen LogP) is 3.81. The van der Waals surface area contributed by atoms with Crippen LogP contribution in [0.5, 0.6) is 0 Å². The highest BCUT2D eigenvalue weighted by Crippen LogP contribution is 2.32. The number of para-hydroxylation sites is 2. The zero-order chi connectivity index (χ0) is 17.1. The third kappa shape index (κ3) is 3.06. The summed E-state index contributed by atoms with van der Waals surface area (Å²) in [5.74, 6) is 0.907. The van der Waals surface area contributed by atoms with Crippen LogP contribution in [0.1, 0.15) is 5.76 Å². The minimum Gasteiger partial charge on any atom is -0.360 e. The Bertz CT molecular complexity index is 896. The van der Waals surface area contributed by atoms with Crippen LogP contribution in [-0.4, -0.2) is 26.3 Å². The number of aromatic nitrogens is 3. The number of rotatable bonds is 5. The average molecular weight is 343 g/mol. The highest BCUT2D eigenvalue weighted by Gasteiger charge is 2.17. The van der Waals surface area contributed by atoms with Crippen molar-refractivity contribution < 1.29 is 9.45 Å². The smallest absolute Gasteiger partial charge is 0.292 e. The SMILES string of the molecule is CSc1noc(C)c1-c1ccnc(Nc2ccccc2[N+](=O)[O-])n1. The first kappa shape index (κ1) is 15.9. The Labute approximate surface area is 141 Å². The van der Waals surface area contributed by atoms with Gasteiger partial charge in [-0.25, -0.2) is 9.97 Å². The molecular weight excluding hydrogens is 330 g/mol. The van der Waals surface area contributed by atoms with Crippen molar-refractivity contribution in [3.8, 4) is 11.3 Å². The van der Waals surface area contributed by atoms with Gasteiger partial charge in [0.25, 0.3) is 5.69 Å². The van der Waals surface area contributed by atoms with Gasteiger partial charge in [0.05, 0.1) is 16.2 Å². The Balaban J connectivity index is 1.98. The zero-order valence-electron chi connectivity index (χ0n) is 12.9. The Morgan fingerprint density at radius 2 is 2.08 bits per heavy atom. The molecule has 1 aromatic carbocycles. The molecule has 0 bridgehead atoms. The number of nitro groups is 1. The highest BCUT2D eigenvalue weighted by atomic mass is 32.2. The molecule has 0 saturated carbocycles. The third-order valence-corrected chi connectivity index (χ3v) is 3.95. The van der Waals surface area contributed by atoms with Crippen molar-refractivity contribution in [2.24, 2.45) is 0 Å². The second kappa shape index (κ2) is 6.67. The molecule has 9 heteroatoms. The summed E-state index contributed by atoms with van der Waals surface area (Å²) in [6, 6.07) is 8.07. The summed E-state index contributed by atoms with van der Waals surface area (Å²) in [5, 5.41) is 18.7. The van der Waals surface area contributed by atoms with E-state index >= 15 is 0 Å². The summed E-state index contributed by atoms with van der Waals surface area (Å²) in [6.45, 7) is 1.80. The van der Waals surface area contributed by atoms with Gasteiger partial charge in [-0.1, -0.05) is 17.3 Å². The van der Waals surface area contributed by atoms with E-state index in [-0.39, 0.29) is 11.6 Å². The van der Waals surface area contributed by atoms with Gasteiger partial charge >= 0.3 is 0 Å². The number of thioether (sulfide) groups is 1. The summed E-state index contributed by atoms with van der Waals surface area (Å²) in [6.07, 6.45) is 3.48. The van der Waals surface area contributed by atoms with Crippen molar-refractivity contribution >= 4 is 29.1 Å². The van der Waals surface area contributed by atoms with Gasteiger partial charge in [-0.15, -0.1) is 11.8 Å². The lowest BCUT2D eigenvalue weighted by Crippen LogP contribution is -2.01. The molecule has 2 heterocycles. The Hall–Kier alpha value is -2.94. The van der Waals surface area contributed by atoms with Crippen molar-refractivity contribution in [3.05, 3.63) is 52.4 Å². The average Bonchev–Trinajstić information content (AvgIpc) is 2.96. The molecule has 0 aliphatic rings. The van der Waals surface area contributed by atoms with Crippen molar-refractivity contribution in [3.63, 3.8) is 0 Å². The molecule has 0 aliphatic carbocycles. The standard InChI is InChI=1S/C15H13N5O3S/c1-9-13(14(24-2)19-23-9)11-7-8-16-15(18-11)17-10-5-3-4-6-12(10)20(21)22/h3-8H,1-2H3,(H,16,17,18). The summed E-state index contributed by atoms with van der Waals surface area (Å²) in [4.78, 5) is 19.2.